The molecule has 0 aliphatic rings. The number of halogens is 2. The molecule has 2 nitrogen and oxygen atoms in total. The Balaban J connectivity index is 3.27. The topological polar surface area (TPSA) is 26.3 Å². The zero-order valence-corrected chi connectivity index (χ0v) is 13.9. The maximum absolute atomic E-state index is 14.3. The lowest BCUT2D eigenvalue weighted by Crippen LogP contribution is -2.44. The smallest absolute Gasteiger partial charge is 0.250 e. The average Bonchev–Trinajstić information content (AvgIpc) is 2.30. The summed E-state index contributed by atoms with van der Waals surface area (Å²) in [5.41, 5.74) is -0.235. The van der Waals surface area contributed by atoms with Gasteiger partial charge in [0.2, 0.25) is 0 Å². The number of carbonyl (C=O) groups excluding carboxylic acids is 1. The Hall–Kier alpha value is -1.23. The zero-order valence-electron chi connectivity index (χ0n) is 12.9. The highest BCUT2D eigenvalue weighted by Gasteiger charge is 2.39. The van der Waals surface area contributed by atoms with Crippen molar-refractivity contribution in [3.63, 3.8) is 0 Å². The van der Waals surface area contributed by atoms with Crippen LogP contribution < -0.4 is 4.43 Å². The summed E-state index contributed by atoms with van der Waals surface area (Å²) in [6.45, 7) is 11.5. The maximum atomic E-state index is 14.3. The second kappa shape index (κ2) is 5.64. The normalized spacial score (nSPS) is 12.4. The van der Waals surface area contributed by atoms with Gasteiger partial charge in [-0.2, -0.15) is 0 Å². The number of rotatable bonds is 4. The Kier molecular flexibility index (Phi) is 4.74. The van der Waals surface area contributed by atoms with E-state index in [1.54, 1.807) is 6.92 Å². The molecule has 0 radical (unpaired) electrons. The summed E-state index contributed by atoms with van der Waals surface area (Å²) < 4.78 is 33.7. The van der Waals surface area contributed by atoms with Gasteiger partial charge in [-0.15, -0.1) is 0 Å². The second-order valence-electron chi connectivity index (χ2n) is 6.40. The molecule has 0 aromatic heterocycles. The van der Waals surface area contributed by atoms with Crippen molar-refractivity contribution in [2.45, 2.75) is 52.2 Å². The van der Waals surface area contributed by atoms with Gasteiger partial charge in [-0.3, -0.25) is 4.79 Å². The van der Waals surface area contributed by atoms with Crippen molar-refractivity contribution >= 4 is 14.1 Å². The lowest BCUT2D eigenvalue weighted by Gasteiger charge is -2.36. The molecule has 0 saturated carbocycles. The van der Waals surface area contributed by atoms with Crippen molar-refractivity contribution in [2.24, 2.45) is 0 Å². The molecule has 20 heavy (non-hydrogen) atoms. The lowest BCUT2D eigenvalue weighted by molar-refractivity contribution is 0.0983. The highest BCUT2D eigenvalue weighted by molar-refractivity contribution is 6.74. The SMILES string of the molecule is CCC(=O)c1cc(F)cc(O[Si](C)(C)C(C)(C)C)c1F. The van der Waals surface area contributed by atoms with Gasteiger partial charge in [-0.1, -0.05) is 27.7 Å². The minimum absolute atomic E-state index is 0.125. The summed E-state index contributed by atoms with van der Waals surface area (Å²) in [4.78, 5) is 11.7. The predicted molar refractivity (Wildman–Crippen MR) is 78.8 cm³/mol. The van der Waals surface area contributed by atoms with Crippen molar-refractivity contribution in [3.05, 3.63) is 29.3 Å². The Morgan fingerprint density at radius 3 is 2.25 bits per heavy atom. The van der Waals surface area contributed by atoms with Crippen LogP contribution in [0.15, 0.2) is 12.1 Å². The van der Waals surface area contributed by atoms with E-state index >= 15 is 0 Å². The van der Waals surface area contributed by atoms with Crippen LogP contribution >= 0.6 is 0 Å². The van der Waals surface area contributed by atoms with E-state index < -0.39 is 25.7 Å². The second-order valence-corrected chi connectivity index (χ2v) is 11.1. The summed E-state index contributed by atoms with van der Waals surface area (Å²) in [6.07, 6.45) is 0.125. The molecule has 0 amide bonds. The van der Waals surface area contributed by atoms with E-state index in [-0.39, 0.29) is 22.8 Å². The van der Waals surface area contributed by atoms with Crippen molar-refractivity contribution < 1.29 is 18.0 Å². The molecule has 112 valence electrons. The molecule has 0 fully saturated rings. The molecule has 0 bridgehead atoms. The number of carbonyl (C=O) groups is 1. The fourth-order valence-electron chi connectivity index (χ4n) is 1.46. The number of Topliss-reactive ketones (excluding diaryl/α,β-unsaturated/α-hetero) is 1. The molecule has 0 N–H and O–H groups in total. The maximum Gasteiger partial charge on any atom is 0.250 e. The van der Waals surface area contributed by atoms with Gasteiger partial charge in [-0.05, 0) is 24.2 Å². The van der Waals surface area contributed by atoms with Crippen LogP contribution in [0.5, 0.6) is 5.75 Å². The highest BCUT2D eigenvalue weighted by atomic mass is 28.4. The average molecular weight is 300 g/mol. The molecule has 0 aliphatic heterocycles. The van der Waals surface area contributed by atoms with E-state index in [1.165, 1.54) is 0 Å². The van der Waals surface area contributed by atoms with Crippen LogP contribution in [-0.4, -0.2) is 14.1 Å². The summed E-state index contributed by atoms with van der Waals surface area (Å²) in [5, 5.41) is -0.138. The summed E-state index contributed by atoms with van der Waals surface area (Å²) in [6, 6.07) is 1.95. The van der Waals surface area contributed by atoms with Crippen LogP contribution in [0.1, 0.15) is 44.5 Å². The molecule has 1 aromatic carbocycles. The van der Waals surface area contributed by atoms with E-state index in [0.717, 1.165) is 12.1 Å². The third kappa shape index (κ3) is 3.45. The van der Waals surface area contributed by atoms with Gasteiger partial charge in [0.1, 0.15) is 11.6 Å². The molecule has 0 aliphatic carbocycles. The van der Waals surface area contributed by atoms with Crippen LogP contribution in [0.3, 0.4) is 0 Å². The third-order valence-electron chi connectivity index (χ3n) is 3.80. The number of ketones is 1. The van der Waals surface area contributed by atoms with Crippen LogP contribution in [-0.2, 0) is 0 Å². The standard InChI is InChI=1S/C15H22F2O2Si/c1-7-12(18)11-8-10(16)9-13(14(11)17)19-20(5,6)15(2,3)4/h8-9H,7H2,1-6H3. The molecule has 0 spiro atoms. The van der Waals surface area contributed by atoms with Gasteiger partial charge in [0, 0.05) is 12.5 Å². The van der Waals surface area contributed by atoms with Crippen molar-refractivity contribution in [1.29, 1.82) is 0 Å². The molecule has 1 aromatic rings. The molecule has 0 atom stereocenters. The van der Waals surface area contributed by atoms with Gasteiger partial charge >= 0.3 is 0 Å². The van der Waals surface area contributed by atoms with Gasteiger partial charge in [0.05, 0.1) is 5.56 Å². The third-order valence-corrected chi connectivity index (χ3v) is 8.14. The van der Waals surface area contributed by atoms with Gasteiger partial charge in [0.25, 0.3) is 8.32 Å². The van der Waals surface area contributed by atoms with Gasteiger partial charge < -0.3 is 4.43 Å². The Morgan fingerprint density at radius 1 is 1.25 bits per heavy atom. The van der Waals surface area contributed by atoms with Crippen molar-refractivity contribution in [3.8, 4) is 5.75 Å². The van der Waals surface area contributed by atoms with E-state index in [0.29, 0.717) is 0 Å². The largest absolute Gasteiger partial charge is 0.541 e. The van der Waals surface area contributed by atoms with Gasteiger partial charge in [-0.25, -0.2) is 8.78 Å². The summed E-state index contributed by atoms with van der Waals surface area (Å²) >= 11 is 0. The predicted octanol–water partition coefficient (Wildman–Crippen LogP) is 4.94. The Morgan fingerprint density at radius 2 is 1.80 bits per heavy atom. The molecule has 0 unspecified atom stereocenters. The molecule has 0 heterocycles. The fraction of sp³-hybridized carbons (Fsp3) is 0.533. The van der Waals surface area contributed by atoms with Crippen molar-refractivity contribution in [2.75, 3.05) is 0 Å². The monoisotopic (exact) mass is 300 g/mol. The quantitative estimate of drug-likeness (QED) is 0.581. The first kappa shape index (κ1) is 16.8. The minimum Gasteiger partial charge on any atom is -0.541 e. The van der Waals surface area contributed by atoms with Gasteiger partial charge in [0.15, 0.2) is 11.6 Å². The lowest BCUT2D eigenvalue weighted by atomic mass is 10.1. The molecule has 1 rings (SSSR count). The van der Waals surface area contributed by atoms with Crippen LogP contribution in [0.2, 0.25) is 18.1 Å². The summed E-state index contributed by atoms with van der Waals surface area (Å²) in [5.74, 6) is -2.00. The van der Waals surface area contributed by atoms with E-state index in [1.807, 2.05) is 33.9 Å². The first-order chi connectivity index (χ1) is 8.99. The highest BCUT2D eigenvalue weighted by Crippen LogP contribution is 2.38. The first-order valence-electron chi connectivity index (χ1n) is 6.71. The number of benzene rings is 1. The van der Waals surface area contributed by atoms with Crippen LogP contribution in [0.25, 0.3) is 0 Å². The molecule has 0 saturated heterocycles. The summed E-state index contributed by atoms with van der Waals surface area (Å²) in [7, 11) is -2.29. The number of hydrogen-bond acceptors (Lipinski definition) is 2. The molecule has 5 heteroatoms. The number of hydrogen-bond donors (Lipinski definition) is 0. The van der Waals surface area contributed by atoms with E-state index in [9.17, 15) is 13.6 Å². The minimum atomic E-state index is -2.29. The van der Waals surface area contributed by atoms with Crippen molar-refractivity contribution in [1.82, 2.24) is 0 Å². The Labute approximate surface area is 120 Å². The van der Waals surface area contributed by atoms with Crippen LogP contribution in [0.4, 0.5) is 8.78 Å². The Bertz CT molecular complexity index is 519. The fourth-order valence-corrected chi connectivity index (χ4v) is 2.46. The van der Waals surface area contributed by atoms with Crippen LogP contribution in [0, 0.1) is 11.6 Å². The van der Waals surface area contributed by atoms with E-state index in [4.69, 9.17) is 4.43 Å². The molecular formula is C15H22F2O2Si. The first-order valence-corrected chi connectivity index (χ1v) is 9.61. The zero-order chi connectivity index (χ0) is 15.7. The van der Waals surface area contributed by atoms with E-state index in [2.05, 4.69) is 0 Å². The molecular weight excluding hydrogens is 278 g/mol.